The Labute approximate surface area is 95.7 Å². The number of benzene rings is 1. The molecule has 0 amide bonds. The zero-order valence-corrected chi connectivity index (χ0v) is 10.1. The summed E-state index contributed by atoms with van der Waals surface area (Å²) in [4.78, 5) is 0. The van der Waals surface area contributed by atoms with E-state index in [1.54, 1.807) is 6.07 Å². The number of halogens is 2. The summed E-state index contributed by atoms with van der Waals surface area (Å²) in [6, 6.07) is 4.04. The zero-order valence-electron chi connectivity index (χ0n) is 10.1. The minimum Gasteiger partial charge on any atom is -0.330 e. The lowest BCUT2D eigenvalue weighted by Gasteiger charge is -2.29. The van der Waals surface area contributed by atoms with Crippen LogP contribution in [0.2, 0.25) is 0 Å². The summed E-state index contributed by atoms with van der Waals surface area (Å²) in [6.45, 7) is 6.85. The van der Waals surface area contributed by atoms with E-state index in [1.165, 1.54) is 12.1 Å². The molecule has 0 saturated heterocycles. The molecular formula is C13H19F2N. The fourth-order valence-electron chi connectivity index (χ4n) is 1.69. The van der Waals surface area contributed by atoms with Crippen LogP contribution in [0.4, 0.5) is 8.78 Å². The third-order valence-electron chi connectivity index (χ3n) is 2.98. The first-order chi connectivity index (χ1) is 7.34. The van der Waals surface area contributed by atoms with E-state index >= 15 is 0 Å². The zero-order chi connectivity index (χ0) is 12.3. The van der Waals surface area contributed by atoms with Gasteiger partial charge >= 0.3 is 0 Å². The molecule has 0 heterocycles. The maximum atomic E-state index is 13.0. The van der Waals surface area contributed by atoms with E-state index in [9.17, 15) is 8.78 Å². The maximum Gasteiger partial charge on any atom is 0.159 e. The topological polar surface area (TPSA) is 26.0 Å². The van der Waals surface area contributed by atoms with E-state index in [-0.39, 0.29) is 11.3 Å². The van der Waals surface area contributed by atoms with E-state index in [0.29, 0.717) is 13.0 Å². The Morgan fingerprint density at radius 3 is 2.25 bits per heavy atom. The van der Waals surface area contributed by atoms with E-state index < -0.39 is 11.6 Å². The highest BCUT2D eigenvalue weighted by molar-refractivity contribution is 5.18. The molecule has 1 rings (SSSR count). The van der Waals surface area contributed by atoms with Crippen molar-refractivity contribution in [2.45, 2.75) is 27.2 Å². The lowest BCUT2D eigenvalue weighted by molar-refractivity contribution is 0.245. The first kappa shape index (κ1) is 13.1. The Morgan fingerprint density at radius 1 is 1.19 bits per heavy atom. The molecular weight excluding hydrogens is 208 g/mol. The number of hydrogen-bond acceptors (Lipinski definition) is 1. The van der Waals surface area contributed by atoms with Crippen molar-refractivity contribution in [2.24, 2.45) is 17.1 Å². The minimum atomic E-state index is -0.802. The molecule has 2 N–H and O–H groups in total. The van der Waals surface area contributed by atoms with Crippen LogP contribution in [0.1, 0.15) is 26.3 Å². The van der Waals surface area contributed by atoms with Gasteiger partial charge in [-0.1, -0.05) is 26.8 Å². The molecule has 16 heavy (non-hydrogen) atoms. The van der Waals surface area contributed by atoms with Gasteiger partial charge in [0, 0.05) is 0 Å². The van der Waals surface area contributed by atoms with Crippen LogP contribution in [-0.2, 0) is 6.42 Å². The predicted octanol–water partition coefficient (Wildman–Crippen LogP) is 3.13. The smallest absolute Gasteiger partial charge is 0.159 e. The predicted molar refractivity (Wildman–Crippen MR) is 62.1 cm³/mol. The number of nitrogens with two attached hydrogens (primary N) is 1. The van der Waals surface area contributed by atoms with Crippen LogP contribution in [0.25, 0.3) is 0 Å². The molecule has 0 saturated carbocycles. The molecule has 0 aliphatic heterocycles. The summed E-state index contributed by atoms with van der Waals surface area (Å²) < 4.78 is 25.8. The van der Waals surface area contributed by atoms with Crippen LogP contribution in [0.3, 0.4) is 0 Å². The molecule has 0 aliphatic carbocycles. The van der Waals surface area contributed by atoms with E-state index in [1.807, 2.05) is 0 Å². The molecule has 1 nitrogen and oxygen atoms in total. The largest absolute Gasteiger partial charge is 0.330 e. The van der Waals surface area contributed by atoms with Crippen molar-refractivity contribution in [2.75, 3.05) is 6.54 Å². The molecule has 90 valence electrons. The summed E-state index contributed by atoms with van der Waals surface area (Å²) in [6.07, 6.45) is 0.678. The SMILES string of the molecule is CC(C)(C)C(CN)Cc1ccc(F)c(F)c1. The van der Waals surface area contributed by atoms with Gasteiger partial charge in [-0.2, -0.15) is 0 Å². The highest BCUT2D eigenvalue weighted by atomic mass is 19.2. The molecule has 0 spiro atoms. The molecule has 0 radical (unpaired) electrons. The van der Waals surface area contributed by atoms with Gasteiger partial charge in [-0.05, 0) is 42.0 Å². The highest BCUT2D eigenvalue weighted by Gasteiger charge is 2.23. The Morgan fingerprint density at radius 2 is 1.81 bits per heavy atom. The van der Waals surface area contributed by atoms with Gasteiger partial charge < -0.3 is 5.73 Å². The average molecular weight is 227 g/mol. The van der Waals surface area contributed by atoms with Gasteiger partial charge in [-0.25, -0.2) is 8.78 Å². The maximum absolute atomic E-state index is 13.0. The Balaban J connectivity index is 2.83. The van der Waals surface area contributed by atoms with Gasteiger partial charge in [0.15, 0.2) is 11.6 Å². The molecule has 3 heteroatoms. The Kier molecular flexibility index (Phi) is 4.03. The molecule has 0 bridgehead atoms. The normalized spacial score (nSPS) is 13.9. The Bertz CT molecular complexity index is 355. The summed E-state index contributed by atoms with van der Waals surface area (Å²) >= 11 is 0. The third-order valence-corrected chi connectivity index (χ3v) is 2.98. The fraction of sp³-hybridized carbons (Fsp3) is 0.538. The van der Waals surface area contributed by atoms with Crippen molar-refractivity contribution in [1.29, 1.82) is 0 Å². The molecule has 0 aliphatic rings. The van der Waals surface area contributed by atoms with Crippen molar-refractivity contribution in [1.82, 2.24) is 0 Å². The fourth-order valence-corrected chi connectivity index (χ4v) is 1.69. The summed E-state index contributed by atoms with van der Waals surface area (Å²) in [5.41, 5.74) is 6.57. The van der Waals surface area contributed by atoms with E-state index in [2.05, 4.69) is 20.8 Å². The second-order valence-electron chi connectivity index (χ2n) is 5.25. The monoisotopic (exact) mass is 227 g/mol. The Hall–Kier alpha value is -0.960. The quantitative estimate of drug-likeness (QED) is 0.843. The lowest BCUT2D eigenvalue weighted by Crippen LogP contribution is -2.30. The third kappa shape index (κ3) is 3.27. The van der Waals surface area contributed by atoms with Crippen molar-refractivity contribution < 1.29 is 8.78 Å². The van der Waals surface area contributed by atoms with Gasteiger partial charge in [-0.3, -0.25) is 0 Å². The summed E-state index contributed by atoms with van der Waals surface area (Å²) in [5, 5.41) is 0. The molecule has 0 aromatic heterocycles. The van der Waals surface area contributed by atoms with E-state index in [4.69, 9.17) is 5.73 Å². The van der Waals surface area contributed by atoms with Gasteiger partial charge in [0.25, 0.3) is 0 Å². The second kappa shape index (κ2) is 4.91. The van der Waals surface area contributed by atoms with Crippen LogP contribution in [0.5, 0.6) is 0 Å². The van der Waals surface area contributed by atoms with Crippen molar-refractivity contribution in [3.63, 3.8) is 0 Å². The molecule has 1 unspecified atom stereocenters. The lowest BCUT2D eigenvalue weighted by atomic mass is 9.77. The van der Waals surface area contributed by atoms with Crippen molar-refractivity contribution in [3.8, 4) is 0 Å². The van der Waals surface area contributed by atoms with Crippen LogP contribution in [0, 0.1) is 23.0 Å². The van der Waals surface area contributed by atoms with Crippen LogP contribution < -0.4 is 5.73 Å². The first-order valence-electron chi connectivity index (χ1n) is 5.48. The number of hydrogen-bond donors (Lipinski definition) is 1. The molecule has 1 atom stereocenters. The van der Waals surface area contributed by atoms with Gasteiger partial charge in [0.05, 0.1) is 0 Å². The van der Waals surface area contributed by atoms with E-state index in [0.717, 1.165) is 5.56 Å². The van der Waals surface area contributed by atoms with Gasteiger partial charge in [-0.15, -0.1) is 0 Å². The number of rotatable bonds is 3. The van der Waals surface area contributed by atoms with Crippen LogP contribution >= 0.6 is 0 Å². The van der Waals surface area contributed by atoms with Gasteiger partial charge in [0.2, 0.25) is 0 Å². The summed E-state index contributed by atoms with van der Waals surface area (Å²) in [7, 11) is 0. The van der Waals surface area contributed by atoms with Crippen molar-refractivity contribution in [3.05, 3.63) is 35.4 Å². The summed E-state index contributed by atoms with van der Waals surface area (Å²) in [5.74, 6) is -1.33. The van der Waals surface area contributed by atoms with Crippen LogP contribution in [-0.4, -0.2) is 6.54 Å². The second-order valence-corrected chi connectivity index (χ2v) is 5.25. The average Bonchev–Trinajstić information content (AvgIpc) is 2.18. The molecule has 1 aromatic rings. The minimum absolute atomic E-state index is 0.0691. The van der Waals surface area contributed by atoms with Crippen molar-refractivity contribution >= 4 is 0 Å². The molecule has 0 fully saturated rings. The van der Waals surface area contributed by atoms with Gasteiger partial charge in [0.1, 0.15) is 0 Å². The highest BCUT2D eigenvalue weighted by Crippen LogP contribution is 2.28. The standard InChI is InChI=1S/C13H19F2N/c1-13(2,3)10(8-16)6-9-4-5-11(14)12(15)7-9/h4-5,7,10H,6,8,16H2,1-3H3. The van der Waals surface area contributed by atoms with Crippen LogP contribution in [0.15, 0.2) is 18.2 Å². The first-order valence-corrected chi connectivity index (χ1v) is 5.48. The molecule has 1 aromatic carbocycles.